The van der Waals surface area contributed by atoms with Crippen LogP contribution in [0, 0.1) is 4.91 Å². The number of nitroso groups, excluding NO2 is 1. The SMILES string of the molecule is O=NC1CC(c2ccc(Cl)cc2)(c2ccc(Cl)cc2)c2ccc(Cl)cc21. The minimum Gasteiger partial charge on any atom is -0.150 e. The van der Waals surface area contributed by atoms with E-state index in [9.17, 15) is 4.91 Å². The number of halogens is 3. The van der Waals surface area contributed by atoms with Crippen molar-refractivity contribution in [3.63, 3.8) is 0 Å². The maximum atomic E-state index is 11.6. The van der Waals surface area contributed by atoms with E-state index < -0.39 is 11.5 Å². The molecular formula is C21H14Cl3NO. The van der Waals surface area contributed by atoms with Crippen molar-refractivity contribution < 1.29 is 0 Å². The van der Waals surface area contributed by atoms with Crippen LogP contribution < -0.4 is 0 Å². The molecule has 4 rings (SSSR count). The number of nitrogens with zero attached hydrogens (tertiary/aromatic N) is 1. The normalized spacial score (nSPS) is 17.7. The molecule has 0 heterocycles. The smallest absolute Gasteiger partial charge is 0.119 e. The highest BCUT2D eigenvalue weighted by Gasteiger charge is 2.47. The van der Waals surface area contributed by atoms with Gasteiger partial charge in [0.05, 0.1) is 0 Å². The zero-order valence-corrected chi connectivity index (χ0v) is 15.9. The van der Waals surface area contributed by atoms with E-state index in [1.54, 1.807) is 0 Å². The molecule has 0 N–H and O–H groups in total. The third-order valence-corrected chi connectivity index (χ3v) is 5.87. The maximum absolute atomic E-state index is 11.6. The number of hydrogen-bond donors (Lipinski definition) is 0. The van der Waals surface area contributed by atoms with Crippen LogP contribution in [0.3, 0.4) is 0 Å². The van der Waals surface area contributed by atoms with Crippen LogP contribution in [-0.4, -0.2) is 0 Å². The predicted octanol–water partition coefficient (Wildman–Crippen LogP) is 7.19. The molecular weight excluding hydrogens is 389 g/mol. The Morgan fingerprint density at radius 1 is 0.769 bits per heavy atom. The van der Waals surface area contributed by atoms with Gasteiger partial charge in [0, 0.05) is 20.5 Å². The van der Waals surface area contributed by atoms with Gasteiger partial charge >= 0.3 is 0 Å². The van der Waals surface area contributed by atoms with Gasteiger partial charge in [0.1, 0.15) is 6.04 Å². The van der Waals surface area contributed by atoms with Crippen molar-refractivity contribution >= 4 is 34.8 Å². The van der Waals surface area contributed by atoms with E-state index in [2.05, 4.69) is 5.18 Å². The third kappa shape index (κ3) is 2.73. The molecule has 0 bridgehead atoms. The van der Waals surface area contributed by atoms with Gasteiger partial charge in [-0.05, 0) is 65.1 Å². The lowest BCUT2D eigenvalue weighted by atomic mass is 9.70. The third-order valence-electron chi connectivity index (χ3n) is 5.13. The molecule has 130 valence electrons. The molecule has 0 saturated heterocycles. The van der Waals surface area contributed by atoms with Gasteiger partial charge in [0.15, 0.2) is 0 Å². The first-order valence-corrected chi connectivity index (χ1v) is 9.32. The molecule has 0 fully saturated rings. The number of fused-ring (bicyclic) bond motifs is 1. The van der Waals surface area contributed by atoms with E-state index >= 15 is 0 Å². The van der Waals surface area contributed by atoms with Gasteiger partial charge in [0.25, 0.3) is 0 Å². The number of rotatable bonds is 3. The largest absolute Gasteiger partial charge is 0.150 e. The highest BCUT2D eigenvalue weighted by atomic mass is 35.5. The van der Waals surface area contributed by atoms with Crippen molar-refractivity contribution in [1.82, 2.24) is 0 Å². The molecule has 1 aliphatic carbocycles. The summed E-state index contributed by atoms with van der Waals surface area (Å²) >= 11 is 18.4. The van der Waals surface area contributed by atoms with E-state index in [0.29, 0.717) is 21.5 Å². The molecule has 0 amide bonds. The molecule has 1 aliphatic rings. The summed E-state index contributed by atoms with van der Waals surface area (Å²) in [5.74, 6) is 0. The van der Waals surface area contributed by atoms with Gasteiger partial charge in [-0.3, -0.25) is 0 Å². The van der Waals surface area contributed by atoms with Gasteiger partial charge in [-0.2, -0.15) is 4.91 Å². The first-order chi connectivity index (χ1) is 12.5. The lowest BCUT2D eigenvalue weighted by Gasteiger charge is -2.32. The monoisotopic (exact) mass is 401 g/mol. The van der Waals surface area contributed by atoms with Crippen LogP contribution in [-0.2, 0) is 5.41 Å². The predicted molar refractivity (Wildman–Crippen MR) is 107 cm³/mol. The lowest BCUT2D eigenvalue weighted by molar-refractivity contribution is 0.550. The summed E-state index contributed by atoms with van der Waals surface area (Å²) in [6, 6.07) is 20.7. The maximum Gasteiger partial charge on any atom is 0.119 e. The van der Waals surface area contributed by atoms with E-state index in [1.165, 1.54) is 0 Å². The van der Waals surface area contributed by atoms with Gasteiger partial charge in [-0.15, -0.1) is 0 Å². The Balaban J connectivity index is 2.03. The molecule has 1 unspecified atom stereocenters. The fraction of sp³-hybridized carbons (Fsp3) is 0.143. The van der Waals surface area contributed by atoms with E-state index in [0.717, 1.165) is 22.3 Å². The second-order valence-corrected chi connectivity index (χ2v) is 7.79. The topological polar surface area (TPSA) is 29.4 Å². The van der Waals surface area contributed by atoms with Crippen molar-refractivity contribution in [2.75, 3.05) is 0 Å². The zero-order chi connectivity index (χ0) is 18.3. The van der Waals surface area contributed by atoms with Crippen molar-refractivity contribution in [1.29, 1.82) is 0 Å². The molecule has 26 heavy (non-hydrogen) atoms. The average molecular weight is 403 g/mol. The van der Waals surface area contributed by atoms with Crippen LogP contribution in [0.25, 0.3) is 0 Å². The fourth-order valence-electron chi connectivity index (χ4n) is 3.98. The molecule has 0 spiro atoms. The Morgan fingerprint density at radius 3 is 1.77 bits per heavy atom. The zero-order valence-electron chi connectivity index (χ0n) is 13.6. The Hall–Kier alpha value is -1.87. The van der Waals surface area contributed by atoms with Crippen LogP contribution in [0.4, 0.5) is 0 Å². The average Bonchev–Trinajstić information content (AvgIpc) is 2.97. The molecule has 0 aromatic heterocycles. The van der Waals surface area contributed by atoms with Crippen molar-refractivity contribution in [2.45, 2.75) is 17.9 Å². The Labute approximate surface area is 166 Å². The van der Waals surface area contributed by atoms with Gasteiger partial charge < -0.3 is 0 Å². The second-order valence-electron chi connectivity index (χ2n) is 6.48. The Morgan fingerprint density at radius 2 is 1.27 bits per heavy atom. The van der Waals surface area contributed by atoms with Crippen LogP contribution in [0.1, 0.15) is 34.7 Å². The summed E-state index contributed by atoms with van der Waals surface area (Å²) in [6.45, 7) is 0. The van der Waals surface area contributed by atoms with E-state index in [4.69, 9.17) is 34.8 Å². The highest BCUT2D eigenvalue weighted by molar-refractivity contribution is 6.31. The van der Waals surface area contributed by atoms with Gasteiger partial charge in [-0.25, -0.2) is 0 Å². The first kappa shape index (κ1) is 17.5. The van der Waals surface area contributed by atoms with Gasteiger partial charge in [-0.1, -0.05) is 70.3 Å². The van der Waals surface area contributed by atoms with Gasteiger partial charge in [0.2, 0.25) is 0 Å². The Kier molecular flexibility index (Phi) is 4.52. The van der Waals surface area contributed by atoms with E-state index in [-0.39, 0.29) is 0 Å². The molecule has 5 heteroatoms. The number of benzene rings is 3. The summed E-state index contributed by atoms with van der Waals surface area (Å²) < 4.78 is 0. The van der Waals surface area contributed by atoms with Crippen molar-refractivity contribution in [2.24, 2.45) is 5.18 Å². The summed E-state index contributed by atoms with van der Waals surface area (Å²) in [7, 11) is 0. The molecule has 2 nitrogen and oxygen atoms in total. The minimum atomic E-state index is -0.506. The van der Waals surface area contributed by atoms with Crippen molar-refractivity contribution in [3.8, 4) is 0 Å². The molecule has 0 aliphatic heterocycles. The van der Waals surface area contributed by atoms with Crippen LogP contribution >= 0.6 is 34.8 Å². The summed E-state index contributed by atoms with van der Waals surface area (Å²) in [5, 5.41) is 5.32. The van der Waals surface area contributed by atoms with E-state index in [1.807, 2.05) is 66.7 Å². The second kappa shape index (κ2) is 6.70. The molecule has 3 aromatic rings. The minimum absolute atomic E-state index is 0.463. The molecule has 3 aromatic carbocycles. The summed E-state index contributed by atoms with van der Waals surface area (Å²) in [6.07, 6.45) is 0.537. The van der Waals surface area contributed by atoms with Crippen LogP contribution in [0.5, 0.6) is 0 Å². The molecule has 0 saturated carbocycles. The number of hydrogen-bond acceptors (Lipinski definition) is 2. The van der Waals surface area contributed by atoms with Crippen molar-refractivity contribution in [3.05, 3.63) is 109 Å². The highest BCUT2D eigenvalue weighted by Crippen LogP contribution is 2.54. The standard InChI is InChI=1S/C21H14Cl3NO/c22-15-5-1-13(2-6-15)21(14-3-7-16(23)8-4-14)12-20(25-26)18-11-17(24)9-10-19(18)21/h1-11,20H,12H2. The molecule has 0 radical (unpaired) electrons. The summed E-state index contributed by atoms with van der Waals surface area (Å²) in [4.78, 5) is 11.6. The lowest BCUT2D eigenvalue weighted by Crippen LogP contribution is -2.26. The summed E-state index contributed by atoms with van der Waals surface area (Å²) in [5.41, 5.74) is 3.51. The Bertz CT molecular complexity index is 922. The van der Waals surface area contributed by atoms with Crippen LogP contribution in [0.15, 0.2) is 71.9 Å². The fourth-order valence-corrected chi connectivity index (χ4v) is 4.42. The first-order valence-electron chi connectivity index (χ1n) is 8.19. The quantitative estimate of drug-likeness (QED) is 0.426. The molecule has 1 atom stereocenters. The van der Waals surface area contributed by atoms with Crippen LogP contribution in [0.2, 0.25) is 15.1 Å².